The van der Waals surface area contributed by atoms with Crippen molar-refractivity contribution >= 4 is 6.09 Å². The summed E-state index contributed by atoms with van der Waals surface area (Å²) in [6, 6.07) is 4.58. The third-order valence-electron chi connectivity index (χ3n) is 3.49. The molecule has 1 fully saturated rings. The van der Waals surface area contributed by atoms with Crippen molar-refractivity contribution in [1.82, 2.24) is 5.32 Å². The average molecular weight is 341 g/mol. The Morgan fingerprint density at radius 2 is 2.00 bits per heavy atom. The standard InChI is InChI=1S/C17H18F3NO3/c18-17(19,20)13-6-5-9-15(12-13)23-11-4-3-10-21-16(22)24-14-7-1-2-8-14/h5-6,9,12,14H,1-2,7-8,10-11H2,(H,21,22). The molecule has 1 aliphatic rings. The SMILES string of the molecule is O=C(NCC#CCOc1cccc(C(F)(F)F)c1)OC1CCCC1. The summed E-state index contributed by atoms with van der Waals surface area (Å²) in [6.45, 7) is 0.0260. The summed E-state index contributed by atoms with van der Waals surface area (Å²) in [7, 11) is 0. The van der Waals surface area contributed by atoms with Crippen LogP contribution in [0.25, 0.3) is 0 Å². The molecule has 130 valence electrons. The van der Waals surface area contributed by atoms with Gasteiger partial charge in [-0.2, -0.15) is 13.2 Å². The summed E-state index contributed by atoms with van der Waals surface area (Å²) in [5, 5.41) is 2.50. The Kier molecular flexibility index (Phi) is 6.36. The number of nitrogens with one attached hydrogen (secondary N) is 1. The molecule has 4 nitrogen and oxygen atoms in total. The zero-order chi connectivity index (χ0) is 17.4. The molecule has 1 N–H and O–H groups in total. The maximum atomic E-state index is 12.5. The second kappa shape index (κ2) is 8.48. The van der Waals surface area contributed by atoms with E-state index < -0.39 is 17.8 Å². The molecule has 7 heteroatoms. The maximum absolute atomic E-state index is 12.5. The first kappa shape index (κ1) is 18.0. The number of amides is 1. The summed E-state index contributed by atoms with van der Waals surface area (Å²) < 4.78 is 47.9. The van der Waals surface area contributed by atoms with Gasteiger partial charge in [0, 0.05) is 0 Å². The van der Waals surface area contributed by atoms with Crippen molar-refractivity contribution in [3.63, 3.8) is 0 Å². The van der Waals surface area contributed by atoms with Crippen LogP contribution in [-0.2, 0) is 10.9 Å². The van der Waals surface area contributed by atoms with Crippen LogP contribution in [0.4, 0.5) is 18.0 Å². The number of ether oxygens (including phenoxy) is 2. The van der Waals surface area contributed by atoms with Gasteiger partial charge in [-0.3, -0.25) is 0 Å². The van der Waals surface area contributed by atoms with Crippen LogP contribution in [0.3, 0.4) is 0 Å². The highest BCUT2D eigenvalue weighted by molar-refractivity contribution is 5.67. The van der Waals surface area contributed by atoms with Gasteiger partial charge >= 0.3 is 12.3 Å². The van der Waals surface area contributed by atoms with E-state index >= 15 is 0 Å². The molecule has 0 atom stereocenters. The Morgan fingerprint density at radius 1 is 1.25 bits per heavy atom. The molecule has 1 amide bonds. The summed E-state index contributed by atoms with van der Waals surface area (Å²) in [4.78, 5) is 11.4. The van der Waals surface area contributed by atoms with Gasteiger partial charge in [0.15, 0.2) is 0 Å². The molecule has 2 rings (SSSR count). The van der Waals surface area contributed by atoms with Crippen LogP contribution < -0.4 is 10.1 Å². The van der Waals surface area contributed by atoms with Crippen molar-refractivity contribution in [3.8, 4) is 17.6 Å². The van der Waals surface area contributed by atoms with Crippen molar-refractivity contribution in [2.45, 2.75) is 38.0 Å². The molecule has 0 aliphatic heterocycles. The number of halogens is 3. The number of alkyl halides is 3. The molecule has 0 aromatic heterocycles. The molecule has 0 radical (unpaired) electrons. The van der Waals surface area contributed by atoms with Gasteiger partial charge in [-0.25, -0.2) is 4.79 Å². The van der Waals surface area contributed by atoms with Crippen molar-refractivity contribution in [2.24, 2.45) is 0 Å². The number of benzene rings is 1. The molecule has 0 unspecified atom stereocenters. The van der Waals surface area contributed by atoms with E-state index in [2.05, 4.69) is 17.2 Å². The molecule has 0 bridgehead atoms. The predicted molar refractivity (Wildman–Crippen MR) is 81.5 cm³/mol. The molecule has 0 heterocycles. The third kappa shape index (κ3) is 6.03. The third-order valence-corrected chi connectivity index (χ3v) is 3.49. The normalized spacial score (nSPS) is 14.6. The maximum Gasteiger partial charge on any atom is 0.416 e. The fraction of sp³-hybridized carbons (Fsp3) is 0.471. The van der Waals surface area contributed by atoms with E-state index in [1.165, 1.54) is 12.1 Å². The Morgan fingerprint density at radius 3 is 2.71 bits per heavy atom. The van der Waals surface area contributed by atoms with Crippen molar-refractivity contribution in [3.05, 3.63) is 29.8 Å². The molecule has 1 saturated carbocycles. The largest absolute Gasteiger partial charge is 0.481 e. The monoisotopic (exact) mass is 341 g/mol. The molecule has 24 heavy (non-hydrogen) atoms. The first-order valence-corrected chi connectivity index (χ1v) is 7.65. The Labute approximate surface area is 138 Å². The Balaban J connectivity index is 1.67. The zero-order valence-electron chi connectivity index (χ0n) is 13.0. The van der Waals surface area contributed by atoms with Gasteiger partial charge in [0.1, 0.15) is 18.5 Å². The summed E-state index contributed by atoms with van der Waals surface area (Å²) >= 11 is 0. The number of hydrogen-bond donors (Lipinski definition) is 1. The molecular formula is C17H18F3NO3. The van der Waals surface area contributed by atoms with Crippen LogP contribution in [0.5, 0.6) is 5.75 Å². The van der Waals surface area contributed by atoms with Crippen LogP contribution in [0, 0.1) is 11.8 Å². The van der Waals surface area contributed by atoms with E-state index in [0.717, 1.165) is 37.8 Å². The van der Waals surface area contributed by atoms with Crippen LogP contribution >= 0.6 is 0 Å². The number of rotatable bonds is 4. The highest BCUT2D eigenvalue weighted by Crippen LogP contribution is 2.31. The van der Waals surface area contributed by atoms with Crippen LogP contribution in [0.1, 0.15) is 31.2 Å². The smallest absolute Gasteiger partial charge is 0.416 e. The lowest BCUT2D eigenvalue weighted by atomic mass is 10.2. The summed E-state index contributed by atoms with van der Waals surface area (Å²) in [5.74, 6) is 5.35. The van der Waals surface area contributed by atoms with Crippen molar-refractivity contribution in [1.29, 1.82) is 0 Å². The van der Waals surface area contributed by atoms with E-state index in [4.69, 9.17) is 9.47 Å². The minimum atomic E-state index is -4.41. The average Bonchev–Trinajstić information content (AvgIpc) is 3.03. The van der Waals surface area contributed by atoms with Crippen LogP contribution in [0.15, 0.2) is 24.3 Å². The highest BCUT2D eigenvalue weighted by Gasteiger charge is 2.30. The van der Waals surface area contributed by atoms with Crippen molar-refractivity contribution < 1.29 is 27.4 Å². The number of hydrogen-bond acceptors (Lipinski definition) is 3. The van der Waals surface area contributed by atoms with Gasteiger partial charge in [-0.1, -0.05) is 17.9 Å². The van der Waals surface area contributed by atoms with Gasteiger partial charge in [-0.15, -0.1) is 0 Å². The lowest BCUT2D eigenvalue weighted by Gasteiger charge is -2.10. The summed E-state index contributed by atoms with van der Waals surface area (Å²) in [6.07, 6.45) is -0.991. The van der Waals surface area contributed by atoms with Gasteiger partial charge in [0.05, 0.1) is 12.1 Å². The lowest BCUT2D eigenvalue weighted by Crippen LogP contribution is -2.28. The van der Waals surface area contributed by atoms with Crippen LogP contribution in [-0.4, -0.2) is 25.3 Å². The Bertz CT molecular complexity index is 613. The number of alkyl carbamates (subject to hydrolysis) is 1. The molecule has 1 aromatic carbocycles. The molecule has 0 spiro atoms. The molecule has 1 aromatic rings. The second-order valence-electron chi connectivity index (χ2n) is 5.33. The van der Waals surface area contributed by atoms with Crippen molar-refractivity contribution in [2.75, 3.05) is 13.2 Å². The van der Waals surface area contributed by atoms with E-state index in [0.29, 0.717) is 0 Å². The van der Waals surface area contributed by atoms with E-state index in [1.54, 1.807) is 0 Å². The zero-order valence-corrected chi connectivity index (χ0v) is 13.0. The first-order chi connectivity index (χ1) is 11.4. The Hall–Kier alpha value is -2.36. The molecule has 0 saturated heterocycles. The molecule has 1 aliphatic carbocycles. The van der Waals surface area contributed by atoms with Crippen LogP contribution in [0.2, 0.25) is 0 Å². The lowest BCUT2D eigenvalue weighted by molar-refractivity contribution is -0.137. The van der Waals surface area contributed by atoms with Gasteiger partial charge in [0.2, 0.25) is 0 Å². The fourth-order valence-electron chi connectivity index (χ4n) is 2.31. The van der Waals surface area contributed by atoms with E-state index in [-0.39, 0.29) is 25.0 Å². The minimum Gasteiger partial charge on any atom is -0.481 e. The fourth-order valence-corrected chi connectivity index (χ4v) is 2.31. The number of carbonyl (C=O) groups excluding carboxylic acids is 1. The predicted octanol–water partition coefficient (Wildman–Crippen LogP) is 3.76. The molecular weight excluding hydrogens is 323 g/mol. The highest BCUT2D eigenvalue weighted by atomic mass is 19.4. The topological polar surface area (TPSA) is 47.6 Å². The minimum absolute atomic E-state index is 0.0119. The van der Waals surface area contributed by atoms with Gasteiger partial charge in [0.25, 0.3) is 0 Å². The number of carbonyl (C=O) groups is 1. The summed E-state index contributed by atoms with van der Waals surface area (Å²) in [5.41, 5.74) is -0.774. The second-order valence-corrected chi connectivity index (χ2v) is 5.33. The van der Waals surface area contributed by atoms with E-state index in [9.17, 15) is 18.0 Å². The van der Waals surface area contributed by atoms with E-state index in [1.807, 2.05) is 0 Å². The first-order valence-electron chi connectivity index (χ1n) is 7.65. The quantitative estimate of drug-likeness (QED) is 0.849. The van der Waals surface area contributed by atoms with Gasteiger partial charge in [-0.05, 0) is 43.9 Å². The van der Waals surface area contributed by atoms with Gasteiger partial charge < -0.3 is 14.8 Å².